The highest BCUT2D eigenvalue weighted by atomic mass is 16.6. The lowest BCUT2D eigenvalue weighted by Crippen LogP contribution is -2.48. The maximum atomic E-state index is 14.1. The Morgan fingerprint density at radius 3 is 1.26 bits per heavy atom. The fourth-order valence-electron chi connectivity index (χ4n) is 5.31. The highest BCUT2D eigenvalue weighted by Crippen LogP contribution is 2.17. The molecular formula is C40H65N5O9. The summed E-state index contributed by atoms with van der Waals surface area (Å²) in [5.74, 6) is -2.13. The number of carbonyl (C=O) groups is 5. The monoisotopic (exact) mass is 759 g/mol. The number of nitrogens with zero attached hydrogens (tertiary/aromatic N) is 5. The Hall–Kier alpha value is -4.17. The SMILES string of the molecule is CC(C)(C)OC(=O)CN1/C=C\N(CC(=O)N(CC(=O)OC(C)(C)C)c2ccccc2)CCN(CC(=O)OC(C)(C)C)CCN(CC(=O)OC(C)(C)C)CC1. The zero-order valence-electron chi connectivity index (χ0n) is 34.7. The van der Waals surface area contributed by atoms with Gasteiger partial charge in [0.2, 0.25) is 5.91 Å². The molecule has 0 aromatic heterocycles. The molecule has 1 aliphatic rings. The van der Waals surface area contributed by atoms with Crippen molar-refractivity contribution in [2.45, 2.75) is 105 Å². The summed E-state index contributed by atoms with van der Waals surface area (Å²) in [6, 6.07) is 8.91. The Morgan fingerprint density at radius 2 is 0.852 bits per heavy atom. The average Bonchev–Trinajstić information content (AvgIpc) is 2.97. The number of hydrogen-bond donors (Lipinski definition) is 0. The largest absolute Gasteiger partial charge is 0.459 e. The molecule has 0 saturated carbocycles. The Morgan fingerprint density at radius 1 is 0.500 bits per heavy atom. The van der Waals surface area contributed by atoms with Crippen LogP contribution in [0.15, 0.2) is 42.7 Å². The van der Waals surface area contributed by atoms with E-state index in [2.05, 4.69) is 0 Å². The Bertz CT molecular complexity index is 1420. The van der Waals surface area contributed by atoms with Gasteiger partial charge in [-0.3, -0.25) is 38.7 Å². The second-order valence-corrected chi connectivity index (χ2v) is 17.5. The van der Waals surface area contributed by atoms with Crippen molar-refractivity contribution in [2.24, 2.45) is 0 Å². The minimum Gasteiger partial charge on any atom is -0.459 e. The lowest BCUT2D eigenvalue weighted by Gasteiger charge is -2.33. The molecule has 1 amide bonds. The van der Waals surface area contributed by atoms with Crippen molar-refractivity contribution in [1.82, 2.24) is 19.6 Å². The molecule has 0 bridgehead atoms. The number of benzene rings is 1. The molecule has 0 atom stereocenters. The van der Waals surface area contributed by atoms with Gasteiger partial charge in [-0.2, -0.15) is 0 Å². The van der Waals surface area contributed by atoms with Gasteiger partial charge < -0.3 is 28.7 Å². The van der Waals surface area contributed by atoms with E-state index < -0.39 is 40.3 Å². The van der Waals surface area contributed by atoms with E-state index in [0.29, 0.717) is 45.0 Å². The third-order valence-corrected chi connectivity index (χ3v) is 7.34. The minimum atomic E-state index is -0.736. The van der Waals surface area contributed by atoms with Crippen molar-refractivity contribution in [1.29, 1.82) is 0 Å². The standard InChI is InChI=1S/C40H65N5O9/c1-37(2,3)51-33(47)27-42-20-18-41(26-32(46)45(31-16-14-13-15-17-31)30-36(50)54-40(10,11)12)19-21-43(28-34(48)52-38(4,5)6)23-25-44(24-22-42)29-35(49)53-39(7,8)9/h13-18,20H,19,21-30H2,1-12H3/b20-18-. The topological polar surface area (TPSA) is 138 Å². The van der Waals surface area contributed by atoms with Crippen LogP contribution >= 0.6 is 0 Å². The molecular weight excluding hydrogens is 694 g/mol. The molecule has 0 unspecified atom stereocenters. The van der Waals surface area contributed by atoms with E-state index in [1.54, 1.807) is 109 Å². The van der Waals surface area contributed by atoms with Crippen LogP contribution in [-0.4, -0.2) is 144 Å². The first-order chi connectivity index (χ1) is 24.8. The predicted octanol–water partition coefficient (Wildman–Crippen LogP) is 4.08. The number of hydrogen-bond acceptors (Lipinski definition) is 13. The molecule has 0 aliphatic carbocycles. The Labute approximate surface area is 322 Å². The zero-order chi connectivity index (χ0) is 40.9. The van der Waals surface area contributed by atoms with Gasteiger partial charge in [-0.05, 0) is 95.2 Å². The molecule has 1 heterocycles. The molecule has 0 saturated heterocycles. The summed E-state index contributed by atoms with van der Waals surface area (Å²) in [6.45, 7) is 23.2. The van der Waals surface area contributed by atoms with Gasteiger partial charge in [0.1, 0.15) is 35.5 Å². The number of anilines is 1. The van der Waals surface area contributed by atoms with Crippen LogP contribution in [0.3, 0.4) is 0 Å². The Balaban J connectivity index is 2.49. The molecule has 54 heavy (non-hydrogen) atoms. The predicted molar refractivity (Wildman–Crippen MR) is 207 cm³/mol. The maximum Gasteiger partial charge on any atom is 0.326 e. The number of carbonyl (C=O) groups excluding carboxylic acids is 5. The van der Waals surface area contributed by atoms with Gasteiger partial charge in [0.15, 0.2) is 0 Å². The molecule has 304 valence electrons. The number of ether oxygens (including phenoxy) is 4. The fourth-order valence-corrected chi connectivity index (χ4v) is 5.31. The van der Waals surface area contributed by atoms with Crippen molar-refractivity contribution in [3.05, 3.63) is 42.7 Å². The average molecular weight is 760 g/mol. The molecule has 1 aliphatic heterocycles. The number of rotatable bonds is 11. The molecule has 14 heteroatoms. The molecule has 14 nitrogen and oxygen atoms in total. The van der Waals surface area contributed by atoms with E-state index in [1.807, 2.05) is 36.6 Å². The molecule has 1 aromatic rings. The second-order valence-electron chi connectivity index (χ2n) is 17.5. The third kappa shape index (κ3) is 20.3. The lowest BCUT2D eigenvalue weighted by atomic mass is 10.2. The second kappa shape index (κ2) is 19.9. The quantitative estimate of drug-likeness (QED) is 0.237. The number of amides is 1. The van der Waals surface area contributed by atoms with Crippen LogP contribution in [0, 0.1) is 0 Å². The van der Waals surface area contributed by atoms with Crippen molar-refractivity contribution in [3.8, 4) is 0 Å². The van der Waals surface area contributed by atoms with E-state index in [1.165, 1.54) is 4.90 Å². The van der Waals surface area contributed by atoms with E-state index in [9.17, 15) is 24.0 Å². The summed E-state index contributed by atoms with van der Waals surface area (Å²) < 4.78 is 22.4. The van der Waals surface area contributed by atoms with Gasteiger partial charge in [-0.15, -0.1) is 0 Å². The van der Waals surface area contributed by atoms with E-state index in [-0.39, 0.29) is 44.6 Å². The van der Waals surface area contributed by atoms with Gasteiger partial charge >= 0.3 is 23.9 Å². The molecule has 0 radical (unpaired) electrons. The van der Waals surface area contributed by atoms with E-state index in [0.717, 1.165) is 0 Å². The van der Waals surface area contributed by atoms with Gasteiger partial charge in [-0.1, -0.05) is 18.2 Å². The normalized spacial score (nSPS) is 16.4. The minimum absolute atomic E-state index is 0.00906. The van der Waals surface area contributed by atoms with E-state index >= 15 is 0 Å². The number of esters is 4. The lowest BCUT2D eigenvalue weighted by molar-refractivity contribution is -0.158. The van der Waals surface area contributed by atoms with Crippen LogP contribution in [-0.2, 0) is 42.9 Å². The summed E-state index contributed by atoms with van der Waals surface area (Å²) in [5.41, 5.74) is -2.24. The molecule has 0 N–H and O–H groups in total. The van der Waals surface area contributed by atoms with Crippen LogP contribution in [0.2, 0.25) is 0 Å². The molecule has 0 spiro atoms. The molecule has 2 rings (SSSR count). The summed E-state index contributed by atoms with van der Waals surface area (Å²) in [5, 5.41) is 0. The first kappa shape index (κ1) is 46.0. The van der Waals surface area contributed by atoms with Crippen LogP contribution in [0.5, 0.6) is 0 Å². The summed E-state index contributed by atoms with van der Waals surface area (Å²) in [4.78, 5) is 74.9. The van der Waals surface area contributed by atoms with E-state index in [4.69, 9.17) is 18.9 Å². The smallest absolute Gasteiger partial charge is 0.326 e. The van der Waals surface area contributed by atoms with Crippen molar-refractivity contribution in [3.63, 3.8) is 0 Å². The highest BCUT2D eigenvalue weighted by Gasteiger charge is 2.27. The molecule has 0 fully saturated rings. The van der Waals surface area contributed by atoms with Crippen molar-refractivity contribution < 1.29 is 42.9 Å². The number of para-hydroxylation sites is 1. The highest BCUT2D eigenvalue weighted by molar-refractivity contribution is 5.99. The van der Waals surface area contributed by atoms with Crippen molar-refractivity contribution in [2.75, 3.05) is 76.9 Å². The van der Waals surface area contributed by atoms with Gasteiger partial charge in [0.05, 0.1) is 19.6 Å². The maximum absolute atomic E-state index is 14.1. The summed E-state index contributed by atoms with van der Waals surface area (Å²) in [7, 11) is 0. The fraction of sp³-hybridized carbons (Fsp3) is 0.675. The molecule has 1 aromatic carbocycles. The summed E-state index contributed by atoms with van der Waals surface area (Å²) >= 11 is 0. The summed E-state index contributed by atoms with van der Waals surface area (Å²) in [6.07, 6.45) is 3.45. The first-order valence-corrected chi connectivity index (χ1v) is 18.6. The van der Waals surface area contributed by atoms with Crippen molar-refractivity contribution >= 4 is 35.5 Å². The Kier molecular flexibility index (Phi) is 17.0. The van der Waals surface area contributed by atoms with Crippen LogP contribution in [0.4, 0.5) is 5.69 Å². The zero-order valence-corrected chi connectivity index (χ0v) is 34.7. The third-order valence-electron chi connectivity index (χ3n) is 7.34. The van der Waals surface area contributed by atoms with Crippen LogP contribution in [0.1, 0.15) is 83.1 Å². The first-order valence-electron chi connectivity index (χ1n) is 18.6. The van der Waals surface area contributed by atoms with Gasteiger partial charge in [0, 0.05) is 57.4 Å². The van der Waals surface area contributed by atoms with Crippen LogP contribution in [0.25, 0.3) is 0 Å². The van der Waals surface area contributed by atoms with Gasteiger partial charge in [-0.25, -0.2) is 0 Å². The van der Waals surface area contributed by atoms with Crippen LogP contribution < -0.4 is 4.90 Å². The van der Waals surface area contributed by atoms with Gasteiger partial charge in [0.25, 0.3) is 0 Å².